The van der Waals surface area contributed by atoms with Crippen LogP contribution in [0.2, 0.25) is 0 Å². The Morgan fingerprint density at radius 2 is 2.10 bits per heavy atom. The number of thiazole rings is 1. The molecule has 1 heterocycles. The maximum atomic E-state index is 12.6. The number of esters is 1. The molecule has 0 atom stereocenters. The molecule has 0 radical (unpaired) electrons. The van der Waals surface area contributed by atoms with Crippen molar-refractivity contribution < 1.29 is 17.9 Å². The summed E-state index contributed by atoms with van der Waals surface area (Å²) >= 11 is 0.886. The van der Waals surface area contributed by atoms with Crippen LogP contribution in [0.3, 0.4) is 0 Å². The van der Waals surface area contributed by atoms with Crippen molar-refractivity contribution in [2.24, 2.45) is 0 Å². The lowest BCUT2D eigenvalue weighted by atomic mass is 10.2. The first kappa shape index (κ1) is 15.5. The van der Waals surface area contributed by atoms with Gasteiger partial charge in [-0.25, -0.2) is 18.2 Å². The van der Waals surface area contributed by atoms with Crippen molar-refractivity contribution in [3.05, 3.63) is 41.0 Å². The number of ether oxygens (including phenoxy) is 1. The van der Waals surface area contributed by atoms with Gasteiger partial charge in [0.2, 0.25) is 0 Å². The number of rotatable bonds is 4. The van der Waals surface area contributed by atoms with Gasteiger partial charge in [0.05, 0.1) is 18.3 Å². The van der Waals surface area contributed by atoms with Gasteiger partial charge < -0.3 is 4.74 Å². The molecule has 0 amide bonds. The minimum absolute atomic E-state index is 0.127. The second-order valence-electron chi connectivity index (χ2n) is 4.29. The Balaban J connectivity index is 2.48. The van der Waals surface area contributed by atoms with Crippen LogP contribution in [-0.2, 0) is 14.8 Å². The predicted octanol–water partition coefficient (Wildman–Crippen LogP) is 2.06. The molecule has 1 aromatic carbocycles. The van der Waals surface area contributed by atoms with Crippen LogP contribution in [0, 0.1) is 6.92 Å². The van der Waals surface area contributed by atoms with Crippen LogP contribution in [0.1, 0.15) is 16.1 Å². The highest BCUT2D eigenvalue weighted by atomic mass is 32.2. The highest BCUT2D eigenvalue weighted by Crippen LogP contribution is 2.27. The second kappa shape index (κ2) is 5.82. The quantitative estimate of drug-likeness (QED) is 0.804. The van der Waals surface area contributed by atoms with E-state index in [1.165, 1.54) is 19.7 Å². The van der Waals surface area contributed by atoms with Crippen LogP contribution in [0.15, 0.2) is 34.0 Å². The summed E-state index contributed by atoms with van der Waals surface area (Å²) in [7, 11) is -1.24. The number of hydrogen-bond donors (Lipinski definition) is 0. The smallest absolute Gasteiger partial charge is 0.358 e. The van der Waals surface area contributed by atoms with E-state index in [9.17, 15) is 13.2 Å². The van der Waals surface area contributed by atoms with Crippen molar-refractivity contribution in [1.29, 1.82) is 0 Å². The number of benzene rings is 1. The summed E-state index contributed by atoms with van der Waals surface area (Å²) in [5, 5.41) is 0. The largest absolute Gasteiger partial charge is 0.464 e. The van der Waals surface area contributed by atoms with Crippen LogP contribution in [0.25, 0.3) is 0 Å². The lowest BCUT2D eigenvalue weighted by Crippen LogP contribution is -2.27. The van der Waals surface area contributed by atoms with Gasteiger partial charge in [0, 0.05) is 7.05 Å². The van der Waals surface area contributed by atoms with Crippen molar-refractivity contribution in [2.45, 2.75) is 11.1 Å². The Kier molecular flexibility index (Phi) is 4.29. The van der Waals surface area contributed by atoms with Crippen molar-refractivity contribution in [2.75, 3.05) is 18.5 Å². The van der Waals surface area contributed by atoms with Gasteiger partial charge in [0.25, 0.3) is 10.0 Å². The number of aryl methyl sites for hydroxylation is 1. The van der Waals surface area contributed by atoms with E-state index < -0.39 is 16.0 Å². The number of carbonyl (C=O) groups excluding carboxylic acids is 1. The maximum absolute atomic E-state index is 12.6. The van der Waals surface area contributed by atoms with E-state index in [1.54, 1.807) is 18.2 Å². The van der Waals surface area contributed by atoms with E-state index in [1.807, 2.05) is 13.0 Å². The van der Waals surface area contributed by atoms with Gasteiger partial charge in [-0.3, -0.25) is 4.31 Å². The van der Waals surface area contributed by atoms with Gasteiger partial charge in [-0.2, -0.15) is 0 Å². The Bertz CT molecular complexity index is 768. The van der Waals surface area contributed by atoms with Crippen LogP contribution in [0.4, 0.5) is 5.69 Å². The van der Waals surface area contributed by atoms with Crippen molar-refractivity contribution in [3.8, 4) is 0 Å². The highest BCUT2D eigenvalue weighted by molar-refractivity contribution is 7.94. The number of hydrogen-bond acceptors (Lipinski definition) is 6. The summed E-state index contributed by atoms with van der Waals surface area (Å²) in [5.74, 6) is -0.771. The molecule has 0 N–H and O–H groups in total. The first-order valence-electron chi connectivity index (χ1n) is 5.95. The van der Waals surface area contributed by atoms with E-state index in [-0.39, 0.29) is 9.90 Å². The van der Waals surface area contributed by atoms with E-state index in [4.69, 9.17) is 0 Å². The number of anilines is 1. The normalized spacial score (nSPS) is 11.2. The molecule has 0 unspecified atom stereocenters. The van der Waals surface area contributed by atoms with Crippen LogP contribution < -0.4 is 4.31 Å². The number of nitrogens with zero attached hydrogens (tertiary/aromatic N) is 2. The second-order valence-corrected chi connectivity index (χ2v) is 7.31. The van der Waals surface area contributed by atoms with E-state index in [0.717, 1.165) is 21.2 Å². The summed E-state index contributed by atoms with van der Waals surface area (Å²) in [6, 6.07) is 7.07. The van der Waals surface area contributed by atoms with Gasteiger partial charge in [-0.1, -0.05) is 12.1 Å². The molecule has 1 aromatic heterocycles. The average molecular weight is 326 g/mol. The fourth-order valence-corrected chi connectivity index (χ4v) is 4.21. The maximum Gasteiger partial charge on any atom is 0.358 e. The first-order chi connectivity index (χ1) is 9.87. The van der Waals surface area contributed by atoms with Gasteiger partial charge in [0.1, 0.15) is 0 Å². The number of sulfonamides is 1. The first-order valence-corrected chi connectivity index (χ1v) is 8.27. The summed E-state index contributed by atoms with van der Waals surface area (Å²) in [4.78, 5) is 15.4. The van der Waals surface area contributed by atoms with Gasteiger partial charge in [-0.05, 0) is 24.6 Å². The molecule has 0 fully saturated rings. The van der Waals surface area contributed by atoms with Crippen molar-refractivity contribution in [3.63, 3.8) is 0 Å². The van der Waals surface area contributed by atoms with Crippen LogP contribution >= 0.6 is 11.3 Å². The monoisotopic (exact) mass is 326 g/mol. The number of methoxy groups -OCH3 is 1. The highest BCUT2D eigenvalue weighted by Gasteiger charge is 2.30. The summed E-state index contributed by atoms with van der Waals surface area (Å²) in [6.45, 7) is 1.87. The molecular weight excluding hydrogens is 312 g/mol. The number of aromatic nitrogens is 1. The lowest BCUT2D eigenvalue weighted by molar-refractivity contribution is 0.0590. The number of carbonyl (C=O) groups is 1. The third-order valence-electron chi connectivity index (χ3n) is 2.87. The third kappa shape index (κ3) is 2.91. The molecule has 6 nitrogen and oxygen atoms in total. The van der Waals surface area contributed by atoms with E-state index in [2.05, 4.69) is 9.72 Å². The molecule has 0 aliphatic heterocycles. The van der Waals surface area contributed by atoms with Crippen LogP contribution in [0.5, 0.6) is 0 Å². The minimum atomic E-state index is -3.86. The fraction of sp³-hybridized carbons (Fsp3) is 0.231. The molecule has 0 saturated carbocycles. The molecule has 0 aliphatic rings. The molecule has 112 valence electrons. The molecule has 0 saturated heterocycles. The zero-order valence-electron chi connectivity index (χ0n) is 11.7. The molecule has 0 spiro atoms. The fourth-order valence-electron chi connectivity index (χ4n) is 1.74. The van der Waals surface area contributed by atoms with Gasteiger partial charge in [-0.15, -0.1) is 11.3 Å². The standard InChI is InChI=1S/C13H14N2O4S2/c1-9-5-4-6-10(7-9)15(2)21(17,18)13-11(12(16)19-3)14-8-20-13/h4-8H,1-3H3. The van der Waals surface area contributed by atoms with Gasteiger partial charge >= 0.3 is 5.97 Å². The summed E-state index contributed by atoms with van der Waals surface area (Å²) < 4.78 is 30.8. The molecule has 21 heavy (non-hydrogen) atoms. The molecular formula is C13H14N2O4S2. The third-order valence-corrected chi connectivity index (χ3v) is 6.01. The average Bonchev–Trinajstić information content (AvgIpc) is 2.95. The zero-order valence-corrected chi connectivity index (χ0v) is 13.4. The minimum Gasteiger partial charge on any atom is -0.464 e. The SMILES string of the molecule is COC(=O)c1ncsc1S(=O)(=O)N(C)c1cccc(C)c1. The van der Waals surface area contributed by atoms with Crippen molar-refractivity contribution >= 4 is 33.0 Å². The Hall–Kier alpha value is -1.93. The molecule has 0 aliphatic carbocycles. The van der Waals surface area contributed by atoms with E-state index >= 15 is 0 Å². The molecule has 2 rings (SSSR count). The summed E-state index contributed by atoms with van der Waals surface area (Å²) in [5.41, 5.74) is 2.57. The Morgan fingerprint density at radius 3 is 2.71 bits per heavy atom. The van der Waals surface area contributed by atoms with E-state index in [0.29, 0.717) is 5.69 Å². The molecule has 0 bridgehead atoms. The summed E-state index contributed by atoms with van der Waals surface area (Å²) in [6.07, 6.45) is 0. The molecule has 8 heteroatoms. The lowest BCUT2D eigenvalue weighted by Gasteiger charge is -2.19. The zero-order chi connectivity index (χ0) is 15.6. The Morgan fingerprint density at radius 1 is 1.38 bits per heavy atom. The van der Waals surface area contributed by atoms with Crippen molar-refractivity contribution in [1.82, 2.24) is 4.98 Å². The molecule has 2 aromatic rings. The van der Waals surface area contributed by atoms with Crippen LogP contribution in [-0.4, -0.2) is 33.5 Å². The van der Waals surface area contributed by atoms with Gasteiger partial charge in [0.15, 0.2) is 9.90 Å². The topological polar surface area (TPSA) is 76.6 Å². The predicted molar refractivity (Wildman–Crippen MR) is 80.2 cm³/mol. The Labute approximate surface area is 127 Å².